The highest BCUT2D eigenvalue weighted by Crippen LogP contribution is 2.53. The molecular weight excluding hydrogens is 442 g/mol. The molecule has 35 heavy (non-hydrogen) atoms. The molecule has 0 saturated carbocycles. The molecule has 5 aromatic rings. The molecule has 1 nitrogen and oxygen atoms in total. The Morgan fingerprint density at radius 1 is 0.886 bits per heavy atom. The second kappa shape index (κ2) is 7.83. The van der Waals surface area contributed by atoms with Gasteiger partial charge in [-0.15, -0.1) is 0 Å². The lowest BCUT2D eigenvalue weighted by atomic mass is 9.81. The Kier molecular flexibility index (Phi) is 5.06. The van der Waals surface area contributed by atoms with E-state index in [1.807, 2.05) is 11.8 Å². The number of nitrogens with zero attached hydrogens (tertiary/aromatic N) is 1. The molecular formula is C33H34NS+. The first-order valence-electron chi connectivity index (χ1n) is 12.8. The van der Waals surface area contributed by atoms with Gasteiger partial charge < -0.3 is 0 Å². The van der Waals surface area contributed by atoms with Gasteiger partial charge in [0, 0.05) is 21.2 Å². The van der Waals surface area contributed by atoms with Crippen LogP contribution in [-0.2, 0) is 18.9 Å². The van der Waals surface area contributed by atoms with Crippen molar-refractivity contribution in [2.24, 2.45) is 13.0 Å². The summed E-state index contributed by atoms with van der Waals surface area (Å²) in [5.74, 6) is 0.600. The molecule has 0 radical (unpaired) electrons. The molecule has 0 saturated heterocycles. The summed E-state index contributed by atoms with van der Waals surface area (Å²) in [5.41, 5.74) is 7.20. The van der Waals surface area contributed by atoms with Crippen LogP contribution in [-0.4, -0.2) is 0 Å². The number of hydrogen-bond donors (Lipinski definition) is 0. The van der Waals surface area contributed by atoms with Crippen LogP contribution >= 0.6 is 11.8 Å². The average molecular weight is 477 g/mol. The van der Waals surface area contributed by atoms with Crippen molar-refractivity contribution in [2.45, 2.75) is 63.2 Å². The summed E-state index contributed by atoms with van der Waals surface area (Å²) in [6.45, 7) is 14.0. The van der Waals surface area contributed by atoms with E-state index in [-0.39, 0.29) is 5.41 Å². The predicted molar refractivity (Wildman–Crippen MR) is 152 cm³/mol. The highest BCUT2D eigenvalue weighted by Gasteiger charge is 2.33. The molecule has 0 fully saturated rings. The van der Waals surface area contributed by atoms with E-state index in [9.17, 15) is 0 Å². The molecule has 2 heteroatoms. The maximum atomic E-state index is 2.45. The second-order valence-corrected chi connectivity index (χ2v) is 12.7. The molecule has 0 amide bonds. The number of pyridine rings is 1. The summed E-state index contributed by atoms with van der Waals surface area (Å²) in [6.07, 6.45) is 3.36. The average Bonchev–Trinajstić information content (AvgIpc) is 2.81. The normalized spacial score (nSPS) is 13.3. The van der Waals surface area contributed by atoms with Gasteiger partial charge in [0.05, 0.1) is 10.9 Å². The lowest BCUT2D eigenvalue weighted by Gasteiger charge is -2.27. The molecule has 6 rings (SSSR count). The van der Waals surface area contributed by atoms with E-state index in [2.05, 4.69) is 114 Å². The molecule has 0 N–H and O–H groups in total. The van der Waals surface area contributed by atoms with Crippen LogP contribution in [0.3, 0.4) is 0 Å². The minimum absolute atomic E-state index is 0.0812. The topological polar surface area (TPSA) is 3.88 Å². The molecule has 0 unspecified atom stereocenters. The maximum absolute atomic E-state index is 2.45. The number of hydrogen-bond acceptors (Lipinski definition) is 1. The third kappa shape index (κ3) is 3.33. The van der Waals surface area contributed by atoms with E-state index in [4.69, 9.17) is 0 Å². The van der Waals surface area contributed by atoms with Gasteiger partial charge in [0.1, 0.15) is 7.05 Å². The van der Waals surface area contributed by atoms with Gasteiger partial charge in [0.2, 0.25) is 5.69 Å². The molecule has 0 bridgehead atoms. The molecule has 0 spiro atoms. The Morgan fingerprint density at radius 2 is 1.63 bits per heavy atom. The lowest BCUT2D eigenvalue weighted by molar-refractivity contribution is -0.659. The van der Waals surface area contributed by atoms with E-state index < -0.39 is 0 Å². The largest absolute Gasteiger partial charge is 0.222 e. The molecule has 4 aromatic carbocycles. The SMILES string of the molecule is Cc1c2c(c(CC(C)C)c3ccccc13)Sc1cc3cccc(C(C)(C)C)c3c3cc[n+](C)c-2c13. The van der Waals surface area contributed by atoms with Crippen LogP contribution in [0.15, 0.2) is 70.6 Å². The number of benzene rings is 4. The Balaban J connectivity index is 1.82. The summed E-state index contributed by atoms with van der Waals surface area (Å²) in [7, 11) is 2.22. The number of fused-ring (bicyclic) bond motifs is 5. The minimum Gasteiger partial charge on any atom is -0.200 e. The number of aryl methyl sites for hydroxylation is 2. The van der Waals surface area contributed by atoms with E-state index in [1.54, 1.807) is 0 Å². The first kappa shape index (κ1) is 22.6. The fourth-order valence-electron chi connectivity index (χ4n) is 6.09. The summed E-state index contributed by atoms with van der Waals surface area (Å²) >= 11 is 2.00. The molecule has 0 aliphatic carbocycles. The third-order valence-electron chi connectivity index (χ3n) is 7.62. The maximum Gasteiger partial charge on any atom is 0.222 e. The first-order chi connectivity index (χ1) is 16.7. The number of rotatable bonds is 2. The van der Waals surface area contributed by atoms with E-state index in [0.29, 0.717) is 5.92 Å². The van der Waals surface area contributed by atoms with E-state index in [0.717, 1.165) is 6.42 Å². The molecule has 0 atom stereocenters. The van der Waals surface area contributed by atoms with Crippen LogP contribution < -0.4 is 4.57 Å². The van der Waals surface area contributed by atoms with Gasteiger partial charge in [-0.1, -0.05) is 88.8 Å². The zero-order valence-corrected chi connectivity index (χ0v) is 22.7. The Bertz CT molecular complexity index is 1670. The summed E-state index contributed by atoms with van der Waals surface area (Å²) in [4.78, 5) is 2.84. The standard InChI is InChI=1S/C33H34NS/c1-19(2)17-25-23-13-9-8-12-22(23)20(3)28-31-30-24(15-16-34(31)7)29-21(18-27(30)35-32(25)28)11-10-14-26(29)33(4,5)6/h8-16,18-19H,17H2,1-7H3/q+1. The van der Waals surface area contributed by atoms with Crippen molar-refractivity contribution in [1.82, 2.24) is 0 Å². The van der Waals surface area contributed by atoms with Crippen molar-refractivity contribution < 1.29 is 4.57 Å². The van der Waals surface area contributed by atoms with Crippen molar-refractivity contribution in [2.75, 3.05) is 0 Å². The van der Waals surface area contributed by atoms with Gasteiger partial charge >= 0.3 is 0 Å². The van der Waals surface area contributed by atoms with Gasteiger partial charge in [-0.25, -0.2) is 4.57 Å². The van der Waals surface area contributed by atoms with Gasteiger partial charge in [0.25, 0.3) is 0 Å². The molecule has 1 aliphatic heterocycles. The van der Waals surface area contributed by atoms with Crippen LogP contribution in [0, 0.1) is 12.8 Å². The Hall–Kier alpha value is -2.84. The molecule has 2 heterocycles. The first-order valence-corrected chi connectivity index (χ1v) is 13.6. The fraction of sp³-hybridized carbons (Fsp3) is 0.303. The Morgan fingerprint density at radius 3 is 2.34 bits per heavy atom. The van der Waals surface area contributed by atoms with E-state index >= 15 is 0 Å². The highest BCUT2D eigenvalue weighted by molar-refractivity contribution is 8.00. The van der Waals surface area contributed by atoms with Gasteiger partial charge in [-0.05, 0) is 69.0 Å². The quantitative estimate of drug-likeness (QED) is 0.178. The number of aromatic nitrogens is 1. The highest BCUT2D eigenvalue weighted by atomic mass is 32.2. The molecule has 1 aromatic heterocycles. The van der Waals surface area contributed by atoms with Gasteiger partial charge in [-0.2, -0.15) is 0 Å². The van der Waals surface area contributed by atoms with Crippen molar-refractivity contribution >= 4 is 44.1 Å². The van der Waals surface area contributed by atoms with Crippen LogP contribution in [0.2, 0.25) is 0 Å². The van der Waals surface area contributed by atoms with E-state index in [1.165, 1.54) is 70.1 Å². The fourth-order valence-corrected chi connectivity index (χ4v) is 7.47. The second-order valence-electron chi connectivity index (χ2n) is 11.6. The van der Waals surface area contributed by atoms with Crippen LogP contribution in [0.5, 0.6) is 0 Å². The van der Waals surface area contributed by atoms with Crippen molar-refractivity contribution in [1.29, 1.82) is 0 Å². The summed E-state index contributed by atoms with van der Waals surface area (Å²) in [5, 5.41) is 8.35. The van der Waals surface area contributed by atoms with Crippen LogP contribution in [0.1, 0.15) is 51.3 Å². The minimum atomic E-state index is 0.0812. The van der Waals surface area contributed by atoms with Crippen molar-refractivity contribution in [3.05, 3.63) is 77.5 Å². The zero-order chi connectivity index (χ0) is 24.6. The monoisotopic (exact) mass is 476 g/mol. The van der Waals surface area contributed by atoms with Crippen LogP contribution in [0.4, 0.5) is 0 Å². The predicted octanol–water partition coefficient (Wildman–Crippen LogP) is 8.91. The lowest BCUT2D eigenvalue weighted by Crippen LogP contribution is -2.32. The third-order valence-corrected chi connectivity index (χ3v) is 8.82. The van der Waals surface area contributed by atoms with Crippen molar-refractivity contribution in [3.63, 3.8) is 0 Å². The molecule has 1 aliphatic rings. The zero-order valence-electron chi connectivity index (χ0n) is 21.9. The Labute approximate surface area is 213 Å². The van der Waals surface area contributed by atoms with Gasteiger partial charge in [-0.3, -0.25) is 0 Å². The van der Waals surface area contributed by atoms with Crippen LogP contribution in [0.25, 0.3) is 43.6 Å². The summed E-state index contributed by atoms with van der Waals surface area (Å²) < 4.78 is 2.36. The molecule has 176 valence electrons. The smallest absolute Gasteiger partial charge is 0.200 e. The van der Waals surface area contributed by atoms with Gasteiger partial charge in [0.15, 0.2) is 6.20 Å². The van der Waals surface area contributed by atoms with Crippen molar-refractivity contribution in [3.8, 4) is 11.3 Å². The summed E-state index contributed by atoms with van der Waals surface area (Å²) in [6, 6.07) is 20.7.